The molecular formula is C24H18FN3O3S. The Balaban J connectivity index is 1.34. The summed E-state index contributed by atoms with van der Waals surface area (Å²) < 4.78 is 18.5. The number of hydrogen-bond acceptors (Lipinski definition) is 5. The highest BCUT2D eigenvalue weighted by Crippen LogP contribution is 2.28. The molecule has 1 aliphatic rings. The van der Waals surface area contributed by atoms with Gasteiger partial charge in [0, 0.05) is 5.69 Å². The Kier molecular flexibility index (Phi) is 6.62. The minimum absolute atomic E-state index is 0.114. The average molecular weight is 447 g/mol. The van der Waals surface area contributed by atoms with Crippen molar-refractivity contribution in [2.24, 2.45) is 4.99 Å². The summed E-state index contributed by atoms with van der Waals surface area (Å²) in [5, 5.41) is 5.87. The summed E-state index contributed by atoms with van der Waals surface area (Å²) in [5.74, 6) is -0.317. The van der Waals surface area contributed by atoms with Gasteiger partial charge in [-0.1, -0.05) is 30.3 Å². The Labute approximate surface area is 188 Å². The first-order chi connectivity index (χ1) is 15.5. The van der Waals surface area contributed by atoms with Crippen molar-refractivity contribution >= 4 is 46.2 Å². The number of halogens is 1. The van der Waals surface area contributed by atoms with Crippen LogP contribution in [0, 0.1) is 5.82 Å². The summed E-state index contributed by atoms with van der Waals surface area (Å²) in [6, 6.07) is 21.9. The third kappa shape index (κ3) is 5.83. The number of nitrogens with one attached hydrogen (secondary N) is 2. The lowest BCUT2D eigenvalue weighted by Crippen LogP contribution is -2.20. The number of amides is 2. The van der Waals surface area contributed by atoms with Gasteiger partial charge in [-0.3, -0.25) is 9.59 Å². The molecule has 0 saturated carbocycles. The Morgan fingerprint density at radius 3 is 2.47 bits per heavy atom. The van der Waals surface area contributed by atoms with Gasteiger partial charge in [-0.15, -0.1) is 0 Å². The minimum Gasteiger partial charge on any atom is -0.484 e. The molecular weight excluding hydrogens is 429 g/mol. The molecule has 32 heavy (non-hydrogen) atoms. The maximum absolute atomic E-state index is 13.0. The monoisotopic (exact) mass is 447 g/mol. The van der Waals surface area contributed by atoms with Gasteiger partial charge in [-0.05, 0) is 71.9 Å². The second kappa shape index (κ2) is 9.93. The molecule has 0 spiro atoms. The summed E-state index contributed by atoms with van der Waals surface area (Å²) >= 11 is 1.20. The number of ether oxygens (including phenoxy) is 1. The fourth-order valence-electron chi connectivity index (χ4n) is 2.79. The Morgan fingerprint density at radius 1 is 1.03 bits per heavy atom. The molecule has 2 N–H and O–H groups in total. The van der Waals surface area contributed by atoms with E-state index in [1.807, 2.05) is 18.2 Å². The number of carbonyl (C=O) groups excluding carboxylic acids is 2. The zero-order valence-corrected chi connectivity index (χ0v) is 17.6. The zero-order chi connectivity index (χ0) is 22.3. The van der Waals surface area contributed by atoms with E-state index in [1.165, 1.54) is 36.0 Å². The summed E-state index contributed by atoms with van der Waals surface area (Å²) in [7, 11) is 0. The van der Waals surface area contributed by atoms with Gasteiger partial charge < -0.3 is 15.4 Å². The lowest BCUT2D eigenvalue weighted by molar-refractivity contribution is -0.118. The Bertz CT molecular complexity index is 1180. The number of benzene rings is 3. The Hall–Kier alpha value is -3.91. The highest BCUT2D eigenvalue weighted by atomic mass is 32.2. The lowest BCUT2D eigenvalue weighted by Gasteiger charge is -2.07. The molecule has 0 bridgehead atoms. The number of nitrogens with zero attached hydrogens (tertiary/aromatic N) is 1. The van der Waals surface area contributed by atoms with Crippen LogP contribution in [-0.4, -0.2) is 23.6 Å². The van der Waals surface area contributed by atoms with Crippen LogP contribution >= 0.6 is 11.8 Å². The van der Waals surface area contributed by atoms with Crippen molar-refractivity contribution in [3.63, 3.8) is 0 Å². The smallest absolute Gasteiger partial charge is 0.264 e. The third-order valence-corrected chi connectivity index (χ3v) is 5.22. The first-order valence-corrected chi connectivity index (χ1v) is 10.5. The van der Waals surface area contributed by atoms with Crippen molar-refractivity contribution in [1.82, 2.24) is 5.32 Å². The number of para-hydroxylation sites is 1. The summed E-state index contributed by atoms with van der Waals surface area (Å²) in [4.78, 5) is 29.0. The largest absolute Gasteiger partial charge is 0.484 e. The second-order valence-electron chi connectivity index (χ2n) is 6.73. The zero-order valence-electron chi connectivity index (χ0n) is 16.7. The van der Waals surface area contributed by atoms with Crippen molar-refractivity contribution < 1.29 is 18.7 Å². The normalized spacial score (nSPS) is 15.6. The van der Waals surface area contributed by atoms with Crippen molar-refractivity contribution in [1.29, 1.82) is 0 Å². The van der Waals surface area contributed by atoms with Gasteiger partial charge in [0.15, 0.2) is 11.8 Å². The molecule has 1 heterocycles. The molecule has 3 aromatic carbocycles. The van der Waals surface area contributed by atoms with Crippen LogP contribution in [-0.2, 0) is 9.59 Å². The van der Waals surface area contributed by atoms with Crippen LogP contribution in [0.1, 0.15) is 5.56 Å². The first-order valence-electron chi connectivity index (χ1n) is 9.68. The van der Waals surface area contributed by atoms with Gasteiger partial charge in [-0.25, -0.2) is 9.38 Å². The predicted octanol–water partition coefficient (Wildman–Crippen LogP) is 4.73. The molecule has 1 fully saturated rings. The summed E-state index contributed by atoms with van der Waals surface area (Å²) in [6.45, 7) is -0.114. The fourth-order valence-corrected chi connectivity index (χ4v) is 3.63. The molecule has 1 saturated heterocycles. The maximum atomic E-state index is 13.0. The van der Waals surface area contributed by atoms with E-state index in [2.05, 4.69) is 15.6 Å². The molecule has 2 amide bonds. The second-order valence-corrected chi connectivity index (χ2v) is 7.76. The molecule has 0 unspecified atom stereocenters. The van der Waals surface area contributed by atoms with Crippen LogP contribution < -0.4 is 15.4 Å². The molecule has 8 heteroatoms. The molecule has 6 nitrogen and oxygen atoms in total. The van der Waals surface area contributed by atoms with E-state index < -0.39 is 0 Å². The van der Waals surface area contributed by atoms with Gasteiger partial charge in [-0.2, -0.15) is 0 Å². The van der Waals surface area contributed by atoms with Crippen LogP contribution in [0.5, 0.6) is 5.75 Å². The van der Waals surface area contributed by atoms with E-state index in [-0.39, 0.29) is 24.2 Å². The average Bonchev–Trinajstić information content (AvgIpc) is 3.14. The number of aliphatic imine (C=N–C) groups is 1. The molecule has 0 atom stereocenters. The molecule has 0 radical (unpaired) electrons. The number of hydrogen-bond donors (Lipinski definition) is 2. The molecule has 160 valence electrons. The van der Waals surface area contributed by atoms with Gasteiger partial charge in [0.1, 0.15) is 11.6 Å². The summed E-state index contributed by atoms with van der Waals surface area (Å²) in [5.41, 5.74) is 2.05. The van der Waals surface area contributed by atoms with Crippen LogP contribution in [0.25, 0.3) is 6.08 Å². The van der Waals surface area contributed by atoms with Crippen molar-refractivity contribution in [2.75, 3.05) is 11.9 Å². The SMILES string of the molecule is O=C(COc1ccc(/C=C2/SC(=Nc3ccc(F)cc3)NC2=O)cc1)Nc1ccccc1. The van der Waals surface area contributed by atoms with Gasteiger partial charge in [0.25, 0.3) is 11.8 Å². The maximum Gasteiger partial charge on any atom is 0.264 e. The summed E-state index contributed by atoms with van der Waals surface area (Å²) in [6.07, 6.45) is 1.74. The van der Waals surface area contributed by atoms with E-state index in [0.717, 1.165) is 5.56 Å². The van der Waals surface area contributed by atoms with Crippen LogP contribution in [0.3, 0.4) is 0 Å². The standard InChI is InChI=1S/C24H18FN3O3S/c25-17-8-10-19(11-9-17)27-24-28-23(30)21(32-24)14-16-6-12-20(13-7-16)31-15-22(29)26-18-4-2-1-3-5-18/h1-14H,15H2,(H,26,29)(H,27,28,30)/b21-14+. The number of carbonyl (C=O) groups is 2. The van der Waals surface area contributed by atoms with E-state index >= 15 is 0 Å². The molecule has 1 aliphatic heterocycles. The van der Waals surface area contributed by atoms with Gasteiger partial charge >= 0.3 is 0 Å². The predicted molar refractivity (Wildman–Crippen MR) is 124 cm³/mol. The van der Waals surface area contributed by atoms with Crippen LogP contribution in [0.4, 0.5) is 15.8 Å². The Morgan fingerprint density at radius 2 is 1.75 bits per heavy atom. The highest BCUT2D eigenvalue weighted by Gasteiger charge is 2.23. The van der Waals surface area contributed by atoms with Crippen molar-refractivity contribution in [2.45, 2.75) is 0 Å². The molecule has 0 aromatic heterocycles. The van der Waals surface area contributed by atoms with E-state index in [0.29, 0.717) is 27.2 Å². The molecule has 0 aliphatic carbocycles. The number of rotatable bonds is 6. The van der Waals surface area contributed by atoms with Crippen molar-refractivity contribution in [3.05, 3.63) is 95.1 Å². The van der Waals surface area contributed by atoms with Gasteiger partial charge in [0.05, 0.1) is 10.6 Å². The minimum atomic E-state index is -0.345. The third-order valence-electron chi connectivity index (χ3n) is 4.31. The van der Waals surface area contributed by atoms with E-state index in [1.54, 1.807) is 42.5 Å². The fraction of sp³-hybridized carbons (Fsp3) is 0.0417. The van der Waals surface area contributed by atoms with Crippen LogP contribution in [0.15, 0.2) is 88.8 Å². The van der Waals surface area contributed by atoms with Crippen LogP contribution in [0.2, 0.25) is 0 Å². The van der Waals surface area contributed by atoms with Crippen molar-refractivity contribution in [3.8, 4) is 5.75 Å². The number of amidine groups is 1. The highest BCUT2D eigenvalue weighted by molar-refractivity contribution is 8.18. The number of anilines is 1. The molecule has 4 rings (SSSR count). The quantitative estimate of drug-likeness (QED) is 0.535. The number of thioether (sulfide) groups is 1. The van der Waals surface area contributed by atoms with E-state index in [9.17, 15) is 14.0 Å². The first kappa shape index (κ1) is 21.3. The topological polar surface area (TPSA) is 79.8 Å². The van der Waals surface area contributed by atoms with Gasteiger partial charge in [0.2, 0.25) is 0 Å². The molecule has 3 aromatic rings. The lowest BCUT2D eigenvalue weighted by atomic mass is 10.2. The van der Waals surface area contributed by atoms with E-state index in [4.69, 9.17) is 4.74 Å².